The Hall–Kier alpha value is -0.840. The maximum absolute atomic E-state index is 11.8. The summed E-state index contributed by atoms with van der Waals surface area (Å²) in [7, 11) is 0. The molecule has 1 unspecified atom stereocenters. The van der Waals surface area contributed by atoms with Crippen LogP contribution in [0.25, 0.3) is 0 Å². The Kier molecular flexibility index (Phi) is 10.7. The number of nitriles is 1. The highest BCUT2D eigenvalue weighted by Crippen LogP contribution is 2.16. The smallest absolute Gasteiger partial charge is 0.150 e. The summed E-state index contributed by atoms with van der Waals surface area (Å²) in [5.74, 6) is 0.206. The van der Waals surface area contributed by atoms with E-state index >= 15 is 0 Å². The molecule has 0 aliphatic heterocycles. The van der Waals surface area contributed by atoms with Crippen molar-refractivity contribution in [3.63, 3.8) is 0 Å². The van der Waals surface area contributed by atoms with Crippen molar-refractivity contribution in [2.75, 3.05) is 0 Å². The minimum Gasteiger partial charge on any atom is -0.298 e. The Labute approximate surface area is 113 Å². The van der Waals surface area contributed by atoms with Crippen molar-refractivity contribution < 1.29 is 4.79 Å². The standard InChI is InChI=1S/C16H29NO/c1-4-5-6-7-8-9-10-11-16(18)15(13-17)12-14(2)3/h14-15H,4-12H2,1-3H3. The molecule has 0 aromatic rings. The van der Waals surface area contributed by atoms with Gasteiger partial charge in [-0.25, -0.2) is 0 Å². The fourth-order valence-corrected chi connectivity index (χ4v) is 2.16. The molecule has 0 aliphatic rings. The lowest BCUT2D eigenvalue weighted by Gasteiger charge is -2.10. The van der Waals surface area contributed by atoms with Crippen molar-refractivity contribution in [3.05, 3.63) is 0 Å². The molecule has 0 saturated heterocycles. The summed E-state index contributed by atoms with van der Waals surface area (Å²) in [4.78, 5) is 11.8. The topological polar surface area (TPSA) is 40.9 Å². The molecule has 0 rings (SSSR count). The van der Waals surface area contributed by atoms with Crippen LogP contribution < -0.4 is 0 Å². The summed E-state index contributed by atoms with van der Waals surface area (Å²) in [5, 5.41) is 8.97. The Morgan fingerprint density at radius 2 is 1.61 bits per heavy atom. The molecule has 0 saturated carbocycles. The predicted octanol–water partition coefficient (Wildman–Crippen LogP) is 4.88. The van der Waals surface area contributed by atoms with E-state index in [9.17, 15) is 4.79 Å². The lowest BCUT2D eigenvalue weighted by Crippen LogP contribution is -2.14. The van der Waals surface area contributed by atoms with Crippen LogP contribution in [0.5, 0.6) is 0 Å². The molecule has 0 spiro atoms. The predicted molar refractivity (Wildman–Crippen MR) is 76.2 cm³/mol. The van der Waals surface area contributed by atoms with Crippen LogP contribution in [-0.2, 0) is 4.79 Å². The average Bonchev–Trinajstić information content (AvgIpc) is 2.34. The molecule has 0 fully saturated rings. The molecular formula is C16H29NO. The highest BCUT2D eigenvalue weighted by Gasteiger charge is 2.18. The van der Waals surface area contributed by atoms with Crippen LogP contribution in [0.1, 0.15) is 78.6 Å². The number of ketones is 1. The van der Waals surface area contributed by atoms with Crippen LogP contribution in [0.4, 0.5) is 0 Å². The number of nitrogens with zero attached hydrogens (tertiary/aromatic N) is 1. The third kappa shape index (κ3) is 9.22. The van der Waals surface area contributed by atoms with Crippen molar-refractivity contribution in [2.24, 2.45) is 11.8 Å². The van der Waals surface area contributed by atoms with Crippen LogP contribution in [0.15, 0.2) is 0 Å². The molecule has 0 aliphatic carbocycles. The van der Waals surface area contributed by atoms with Crippen LogP contribution in [0.2, 0.25) is 0 Å². The van der Waals surface area contributed by atoms with E-state index in [1.54, 1.807) is 0 Å². The molecule has 0 heterocycles. The molecule has 0 N–H and O–H groups in total. The number of hydrogen-bond acceptors (Lipinski definition) is 2. The zero-order valence-corrected chi connectivity index (χ0v) is 12.4. The molecular weight excluding hydrogens is 222 g/mol. The summed E-state index contributed by atoms with van der Waals surface area (Å²) in [6, 6.07) is 2.15. The SMILES string of the molecule is CCCCCCCCCC(=O)C(C#N)CC(C)C. The number of rotatable bonds is 11. The minimum atomic E-state index is -0.370. The van der Waals surface area contributed by atoms with Crippen molar-refractivity contribution in [1.29, 1.82) is 5.26 Å². The number of Topliss-reactive ketones (excluding diaryl/α,β-unsaturated/α-hetero) is 1. The van der Waals surface area contributed by atoms with Gasteiger partial charge in [0, 0.05) is 6.42 Å². The van der Waals surface area contributed by atoms with Gasteiger partial charge in [0.25, 0.3) is 0 Å². The summed E-state index contributed by atoms with van der Waals surface area (Å²) in [5.41, 5.74) is 0. The van der Waals surface area contributed by atoms with Crippen molar-refractivity contribution in [2.45, 2.75) is 78.6 Å². The first-order chi connectivity index (χ1) is 8.61. The quantitative estimate of drug-likeness (QED) is 0.491. The van der Waals surface area contributed by atoms with E-state index in [1.165, 1.54) is 32.1 Å². The van der Waals surface area contributed by atoms with E-state index < -0.39 is 0 Å². The second kappa shape index (κ2) is 11.3. The van der Waals surface area contributed by atoms with Crippen LogP contribution in [0, 0.1) is 23.2 Å². The first-order valence-electron chi connectivity index (χ1n) is 7.54. The maximum Gasteiger partial charge on any atom is 0.150 e. The summed E-state index contributed by atoms with van der Waals surface area (Å²) >= 11 is 0. The van der Waals surface area contributed by atoms with Gasteiger partial charge in [-0.2, -0.15) is 5.26 Å². The Balaban J connectivity index is 3.60. The fraction of sp³-hybridized carbons (Fsp3) is 0.875. The summed E-state index contributed by atoms with van der Waals surface area (Å²) in [6.07, 6.45) is 9.84. The molecule has 104 valence electrons. The molecule has 2 heteroatoms. The van der Waals surface area contributed by atoms with E-state index in [0.717, 1.165) is 12.8 Å². The van der Waals surface area contributed by atoms with E-state index in [4.69, 9.17) is 5.26 Å². The van der Waals surface area contributed by atoms with E-state index in [2.05, 4.69) is 26.8 Å². The van der Waals surface area contributed by atoms with Crippen molar-refractivity contribution in [3.8, 4) is 6.07 Å². The third-order valence-electron chi connectivity index (χ3n) is 3.28. The van der Waals surface area contributed by atoms with Gasteiger partial charge in [0.1, 0.15) is 11.7 Å². The number of carbonyl (C=O) groups is 1. The minimum absolute atomic E-state index is 0.153. The van der Waals surface area contributed by atoms with Gasteiger partial charge in [-0.15, -0.1) is 0 Å². The zero-order chi connectivity index (χ0) is 13.8. The monoisotopic (exact) mass is 251 g/mol. The van der Waals surface area contributed by atoms with Gasteiger partial charge in [-0.05, 0) is 18.8 Å². The average molecular weight is 251 g/mol. The molecule has 0 aromatic heterocycles. The third-order valence-corrected chi connectivity index (χ3v) is 3.28. The molecule has 18 heavy (non-hydrogen) atoms. The van der Waals surface area contributed by atoms with Gasteiger partial charge in [0.15, 0.2) is 0 Å². The van der Waals surface area contributed by atoms with E-state index in [0.29, 0.717) is 18.8 Å². The normalized spacial score (nSPS) is 12.4. The molecule has 2 nitrogen and oxygen atoms in total. The Morgan fingerprint density at radius 3 is 2.11 bits per heavy atom. The fourth-order valence-electron chi connectivity index (χ4n) is 2.16. The zero-order valence-electron chi connectivity index (χ0n) is 12.4. The second-order valence-electron chi connectivity index (χ2n) is 5.65. The van der Waals surface area contributed by atoms with Crippen LogP contribution >= 0.6 is 0 Å². The number of unbranched alkanes of at least 4 members (excludes halogenated alkanes) is 6. The van der Waals surface area contributed by atoms with Gasteiger partial charge in [-0.3, -0.25) is 4.79 Å². The number of carbonyl (C=O) groups excluding carboxylic acids is 1. The summed E-state index contributed by atoms with van der Waals surface area (Å²) in [6.45, 7) is 6.34. The Morgan fingerprint density at radius 1 is 1.06 bits per heavy atom. The molecule has 0 aromatic carbocycles. The lowest BCUT2D eigenvalue weighted by atomic mass is 9.92. The lowest BCUT2D eigenvalue weighted by molar-refractivity contribution is -0.121. The maximum atomic E-state index is 11.8. The van der Waals surface area contributed by atoms with E-state index in [1.807, 2.05) is 0 Å². The molecule has 0 bridgehead atoms. The first-order valence-corrected chi connectivity index (χ1v) is 7.54. The molecule has 1 atom stereocenters. The van der Waals surface area contributed by atoms with Gasteiger partial charge in [0.05, 0.1) is 6.07 Å². The van der Waals surface area contributed by atoms with Crippen LogP contribution in [-0.4, -0.2) is 5.78 Å². The first kappa shape index (κ1) is 17.2. The Bertz CT molecular complexity index is 252. The van der Waals surface area contributed by atoms with Gasteiger partial charge < -0.3 is 0 Å². The van der Waals surface area contributed by atoms with Gasteiger partial charge in [0.2, 0.25) is 0 Å². The second-order valence-corrected chi connectivity index (χ2v) is 5.65. The summed E-state index contributed by atoms with van der Waals surface area (Å²) < 4.78 is 0. The highest BCUT2D eigenvalue weighted by molar-refractivity contribution is 5.83. The largest absolute Gasteiger partial charge is 0.298 e. The van der Waals surface area contributed by atoms with Crippen molar-refractivity contribution in [1.82, 2.24) is 0 Å². The van der Waals surface area contributed by atoms with Gasteiger partial charge in [-0.1, -0.05) is 59.3 Å². The molecule has 0 radical (unpaired) electrons. The highest BCUT2D eigenvalue weighted by atomic mass is 16.1. The van der Waals surface area contributed by atoms with Crippen LogP contribution in [0.3, 0.4) is 0 Å². The number of hydrogen-bond donors (Lipinski definition) is 0. The van der Waals surface area contributed by atoms with E-state index in [-0.39, 0.29) is 11.7 Å². The van der Waals surface area contributed by atoms with Crippen molar-refractivity contribution >= 4 is 5.78 Å². The molecule has 0 amide bonds. The van der Waals surface area contributed by atoms with Gasteiger partial charge >= 0.3 is 0 Å².